The third-order valence-electron chi connectivity index (χ3n) is 15.5. The van der Waals surface area contributed by atoms with Gasteiger partial charge in [-0.1, -0.05) is 174 Å². The van der Waals surface area contributed by atoms with E-state index in [9.17, 15) is 19.2 Å². The number of benzene rings is 4. The fourth-order valence-corrected chi connectivity index (χ4v) is 11.1. The normalized spacial score (nSPS) is 15.4. The topological polar surface area (TPSA) is 137 Å². The lowest BCUT2D eigenvalue weighted by atomic mass is 9.81. The molecule has 394 valence electrons. The number of aryl methyl sites for hydroxylation is 2. The first-order valence-corrected chi connectivity index (χ1v) is 27.6. The van der Waals surface area contributed by atoms with Crippen molar-refractivity contribution in [3.8, 4) is 22.3 Å². The molecule has 2 aliphatic rings. The first-order valence-electron chi connectivity index (χ1n) is 27.6. The average molecular weight is 1010 g/mol. The Morgan fingerprint density at radius 2 is 0.880 bits per heavy atom. The van der Waals surface area contributed by atoms with Gasteiger partial charge in [-0.3, -0.25) is 29.1 Å². The molecular formula is C65H78N4O6. The molecule has 10 heteroatoms. The van der Waals surface area contributed by atoms with E-state index in [0.717, 1.165) is 73.1 Å². The summed E-state index contributed by atoms with van der Waals surface area (Å²) in [6.45, 7) is 0. The van der Waals surface area contributed by atoms with Gasteiger partial charge >= 0.3 is 11.9 Å². The molecule has 10 nitrogen and oxygen atoms in total. The third kappa shape index (κ3) is 17.9. The van der Waals surface area contributed by atoms with Crippen LogP contribution in [0.1, 0.15) is 141 Å². The zero-order valence-corrected chi connectivity index (χ0v) is 44.3. The average Bonchev–Trinajstić information content (AvgIpc) is 3.48. The highest BCUT2D eigenvalue weighted by Gasteiger charge is 2.33. The Morgan fingerprint density at radius 3 is 1.28 bits per heavy atom. The molecule has 2 amide bonds. The van der Waals surface area contributed by atoms with Gasteiger partial charge in [0.05, 0.1) is 26.1 Å². The Labute approximate surface area is 445 Å². The maximum absolute atomic E-state index is 13.4. The second-order valence-electron chi connectivity index (χ2n) is 20.6. The molecule has 2 aliphatic carbocycles. The SMILES string of the molecule is COC(=O)[C@H](CCC1CCCCC1)[C@@H](CCc1ccccc1)NC(=O)c1ccc(-c2cccnc2)cc1.COC(=O)[C@H](CCCC1CCCCC1)[C@@H](CCc1ccccc1)NC(=O)c1ccc(-c2cccnc2)cc1. The van der Waals surface area contributed by atoms with Crippen molar-refractivity contribution in [3.63, 3.8) is 0 Å². The highest BCUT2D eigenvalue weighted by Crippen LogP contribution is 2.32. The van der Waals surface area contributed by atoms with Crippen molar-refractivity contribution in [3.05, 3.63) is 181 Å². The van der Waals surface area contributed by atoms with Crippen LogP contribution in [0.5, 0.6) is 0 Å². The van der Waals surface area contributed by atoms with Crippen molar-refractivity contribution < 1.29 is 28.7 Å². The molecule has 0 spiro atoms. The molecule has 2 aromatic heterocycles. The molecule has 0 bridgehead atoms. The standard InChI is InChI=1S/C33H40N2O3.C32H38N2O3/c1-38-33(37)30(16-8-14-25-10-4-2-5-11-25)31(22-17-26-12-6-3-7-13-26)35-32(36)28-20-18-27(19-21-28)29-15-9-23-34-24-29;1-37-32(36)29(20-14-24-9-4-2-5-10-24)30(21-15-25-11-6-3-7-12-25)34-31(35)27-18-16-26(17-19-27)28-13-8-22-33-23-28/h3,6-7,9,12-13,15,18-21,23-25,30-31H,2,4-5,8,10-11,14,16-17,22H2,1H3,(H,35,36);3,6-8,11-13,16-19,22-24,29-30H,2,4-5,9-10,14-15,20-21H2,1H3,(H,34,35)/t30-,31-;29-,30-/m11/s1. The van der Waals surface area contributed by atoms with Crippen molar-refractivity contribution in [1.29, 1.82) is 0 Å². The molecule has 2 fully saturated rings. The maximum Gasteiger partial charge on any atom is 0.310 e. The second kappa shape index (κ2) is 30.4. The number of esters is 2. The van der Waals surface area contributed by atoms with Crippen LogP contribution >= 0.6 is 0 Å². The summed E-state index contributed by atoms with van der Waals surface area (Å²) in [5.74, 6) is -0.117. The Kier molecular flexibility index (Phi) is 22.6. The van der Waals surface area contributed by atoms with Crippen molar-refractivity contribution in [2.45, 2.75) is 134 Å². The predicted molar refractivity (Wildman–Crippen MR) is 299 cm³/mol. The lowest BCUT2D eigenvalue weighted by Crippen LogP contribution is -2.44. The van der Waals surface area contributed by atoms with Crippen LogP contribution in [-0.2, 0) is 31.9 Å². The van der Waals surface area contributed by atoms with E-state index in [-0.39, 0.29) is 47.7 Å². The minimum atomic E-state index is -0.370. The summed E-state index contributed by atoms with van der Waals surface area (Å²) >= 11 is 0. The lowest BCUT2D eigenvalue weighted by Gasteiger charge is -2.29. The molecule has 2 heterocycles. The predicted octanol–water partition coefficient (Wildman–Crippen LogP) is 13.6. The van der Waals surface area contributed by atoms with Gasteiger partial charge < -0.3 is 20.1 Å². The molecule has 6 aromatic rings. The summed E-state index contributed by atoms with van der Waals surface area (Å²) in [5.41, 5.74) is 7.56. The quantitative estimate of drug-likeness (QED) is 0.0606. The minimum Gasteiger partial charge on any atom is -0.469 e. The van der Waals surface area contributed by atoms with E-state index in [1.165, 1.54) is 89.6 Å². The summed E-state index contributed by atoms with van der Waals surface area (Å²) in [7, 11) is 2.90. The number of hydrogen-bond acceptors (Lipinski definition) is 8. The highest BCUT2D eigenvalue weighted by atomic mass is 16.5. The molecule has 0 radical (unpaired) electrons. The van der Waals surface area contributed by atoms with Gasteiger partial charge in [0.2, 0.25) is 0 Å². The molecule has 2 saturated carbocycles. The van der Waals surface area contributed by atoms with Crippen LogP contribution in [0, 0.1) is 23.7 Å². The van der Waals surface area contributed by atoms with Crippen molar-refractivity contribution in [2.75, 3.05) is 14.2 Å². The largest absolute Gasteiger partial charge is 0.469 e. The summed E-state index contributed by atoms with van der Waals surface area (Å²) < 4.78 is 10.5. The molecule has 8 rings (SSSR count). The van der Waals surface area contributed by atoms with E-state index in [2.05, 4.69) is 44.9 Å². The van der Waals surface area contributed by atoms with E-state index >= 15 is 0 Å². The zero-order chi connectivity index (χ0) is 52.5. The number of nitrogens with zero attached hydrogens (tertiary/aromatic N) is 2. The van der Waals surface area contributed by atoms with Crippen LogP contribution in [0.3, 0.4) is 0 Å². The number of nitrogens with one attached hydrogen (secondary N) is 2. The molecule has 75 heavy (non-hydrogen) atoms. The van der Waals surface area contributed by atoms with Crippen LogP contribution in [0.25, 0.3) is 22.3 Å². The van der Waals surface area contributed by atoms with Crippen LogP contribution in [0.4, 0.5) is 0 Å². The van der Waals surface area contributed by atoms with Gasteiger partial charge in [0, 0.05) is 48.0 Å². The molecular weight excluding hydrogens is 933 g/mol. The summed E-state index contributed by atoms with van der Waals surface area (Å²) in [4.78, 5) is 61.1. The Balaban J connectivity index is 0.000000219. The summed E-state index contributed by atoms with van der Waals surface area (Å²) in [5, 5.41) is 6.43. The second-order valence-corrected chi connectivity index (χ2v) is 20.6. The van der Waals surface area contributed by atoms with Crippen LogP contribution < -0.4 is 10.6 Å². The number of carbonyl (C=O) groups is 4. The van der Waals surface area contributed by atoms with Crippen molar-refractivity contribution >= 4 is 23.8 Å². The van der Waals surface area contributed by atoms with Crippen LogP contribution in [0.2, 0.25) is 0 Å². The molecule has 4 atom stereocenters. The minimum absolute atomic E-state index is 0.164. The first kappa shape index (κ1) is 55.8. The Morgan fingerprint density at radius 1 is 0.467 bits per heavy atom. The van der Waals surface area contributed by atoms with Crippen LogP contribution in [-0.4, -0.2) is 60.0 Å². The zero-order valence-electron chi connectivity index (χ0n) is 44.3. The smallest absolute Gasteiger partial charge is 0.310 e. The lowest BCUT2D eigenvalue weighted by molar-refractivity contribution is -0.147. The summed E-state index contributed by atoms with van der Waals surface area (Å²) in [6, 6.07) is 42.7. The van der Waals surface area contributed by atoms with E-state index < -0.39 is 0 Å². The van der Waals surface area contributed by atoms with E-state index in [1.807, 2.05) is 122 Å². The van der Waals surface area contributed by atoms with Gasteiger partial charge in [0.1, 0.15) is 0 Å². The number of ether oxygens (including phenoxy) is 2. The van der Waals surface area contributed by atoms with Gasteiger partial charge in [0.25, 0.3) is 11.8 Å². The van der Waals surface area contributed by atoms with E-state index in [0.29, 0.717) is 29.9 Å². The third-order valence-corrected chi connectivity index (χ3v) is 15.5. The molecule has 4 aromatic carbocycles. The maximum atomic E-state index is 13.4. The molecule has 0 unspecified atom stereocenters. The monoisotopic (exact) mass is 1010 g/mol. The van der Waals surface area contributed by atoms with E-state index in [4.69, 9.17) is 9.47 Å². The fourth-order valence-electron chi connectivity index (χ4n) is 11.1. The first-order chi connectivity index (χ1) is 36.8. The van der Waals surface area contributed by atoms with Crippen molar-refractivity contribution in [2.24, 2.45) is 23.7 Å². The number of amides is 2. The van der Waals surface area contributed by atoms with Crippen LogP contribution in [0.15, 0.2) is 158 Å². The van der Waals surface area contributed by atoms with Gasteiger partial charge in [-0.05, 0) is 127 Å². The Bertz CT molecular complexity index is 2600. The number of pyridine rings is 2. The van der Waals surface area contributed by atoms with Gasteiger partial charge in [-0.25, -0.2) is 0 Å². The molecule has 0 saturated heterocycles. The number of methoxy groups -OCH3 is 2. The number of hydrogen-bond donors (Lipinski definition) is 2. The van der Waals surface area contributed by atoms with Gasteiger partial charge in [0.15, 0.2) is 0 Å². The van der Waals surface area contributed by atoms with Crippen molar-refractivity contribution in [1.82, 2.24) is 20.6 Å². The number of rotatable bonds is 23. The number of aromatic nitrogens is 2. The highest BCUT2D eigenvalue weighted by molar-refractivity contribution is 5.96. The molecule has 0 aliphatic heterocycles. The summed E-state index contributed by atoms with van der Waals surface area (Å²) in [6.07, 6.45) is 27.5. The fraction of sp³-hybridized carbons (Fsp3) is 0.415. The Hall–Kier alpha value is -6.94. The molecule has 2 N–H and O–H groups in total. The van der Waals surface area contributed by atoms with Gasteiger partial charge in [-0.15, -0.1) is 0 Å². The van der Waals surface area contributed by atoms with Gasteiger partial charge in [-0.2, -0.15) is 0 Å². The number of carbonyl (C=O) groups excluding carboxylic acids is 4. The van der Waals surface area contributed by atoms with E-state index in [1.54, 1.807) is 12.4 Å².